The maximum Gasteiger partial charge on any atom is 0.309 e. The number of hydrogen-bond acceptors (Lipinski definition) is 2. The zero-order valence-electron chi connectivity index (χ0n) is 9.30. The van der Waals surface area contributed by atoms with Crippen molar-refractivity contribution < 1.29 is 9.90 Å². The van der Waals surface area contributed by atoms with Gasteiger partial charge in [-0.05, 0) is 43.4 Å². The highest BCUT2D eigenvalue weighted by Gasteiger charge is 2.67. The number of carbonyl (C=O) groups is 1. The Labute approximate surface area is 99.5 Å². The molecule has 86 valence electrons. The van der Waals surface area contributed by atoms with E-state index in [2.05, 4.69) is 23.9 Å². The first-order valence-corrected chi connectivity index (χ1v) is 7.13. The standard InChI is InChI=1S/C13H16O2S/c1-13(12(14)15)5-6-4-7(13)11-9-3-2-8(16-9)10(6)11/h2-3,6-11H,4-5H2,1H3,(H,14,15). The van der Waals surface area contributed by atoms with Gasteiger partial charge in [0, 0.05) is 10.5 Å². The molecule has 0 radical (unpaired) electrons. The number of carboxylic acids is 1. The molecule has 3 fully saturated rings. The van der Waals surface area contributed by atoms with E-state index in [0.717, 1.165) is 12.3 Å². The molecule has 0 amide bonds. The number of aliphatic carboxylic acids is 1. The van der Waals surface area contributed by atoms with Crippen LogP contribution in [0.1, 0.15) is 19.8 Å². The molecule has 0 aromatic heterocycles. The van der Waals surface area contributed by atoms with Crippen LogP contribution in [-0.4, -0.2) is 21.6 Å². The first-order chi connectivity index (χ1) is 7.61. The Bertz CT molecular complexity index is 405. The molecule has 7 unspecified atom stereocenters. The molecule has 1 N–H and O–H groups in total. The van der Waals surface area contributed by atoms with Gasteiger partial charge < -0.3 is 5.11 Å². The van der Waals surface area contributed by atoms with E-state index in [1.54, 1.807) is 0 Å². The third-order valence-corrected chi connectivity index (χ3v) is 7.14. The Kier molecular flexibility index (Phi) is 1.61. The van der Waals surface area contributed by atoms with E-state index in [1.165, 1.54) is 6.42 Å². The number of rotatable bonds is 1. The first kappa shape index (κ1) is 9.58. The van der Waals surface area contributed by atoms with Crippen LogP contribution in [-0.2, 0) is 4.79 Å². The van der Waals surface area contributed by atoms with Crippen LogP contribution in [0.3, 0.4) is 0 Å². The summed E-state index contributed by atoms with van der Waals surface area (Å²) in [5.41, 5.74) is -0.426. The molecule has 4 rings (SSSR count). The van der Waals surface area contributed by atoms with E-state index in [4.69, 9.17) is 0 Å². The van der Waals surface area contributed by atoms with Gasteiger partial charge in [-0.3, -0.25) is 4.79 Å². The van der Waals surface area contributed by atoms with Crippen molar-refractivity contribution in [2.24, 2.45) is 29.1 Å². The summed E-state index contributed by atoms with van der Waals surface area (Å²) in [4.78, 5) is 11.5. The summed E-state index contributed by atoms with van der Waals surface area (Å²) < 4.78 is 0. The van der Waals surface area contributed by atoms with Gasteiger partial charge in [-0.1, -0.05) is 12.2 Å². The van der Waals surface area contributed by atoms with Gasteiger partial charge in [-0.15, -0.1) is 11.8 Å². The fraction of sp³-hybridized carbons (Fsp3) is 0.769. The number of fused-ring (bicyclic) bond motifs is 9. The average molecular weight is 236 g/mol. The normalized spacial score (nSPS) is 60.6. The van der Waals surface area contributed by atoms with Gasteiger partial charge in [0.2, 0.25) is 0 Å². The first-order valence-electron chi connectivity index (χ1n) is 6.18. The largest absolute Gasteiger partial charge is 0.481 e. The highest BCUT2D eigenvalue weighted by Crippen LogP contribution is 2.70. The van der Waals surface area contributed by atoms with Gasteiger partial charge in [0.25, 0.3) is 0 Å². The molecule has 2 heterocycles. The van der Waals surface area contributed by atoms with Gasteiger partial charge in [-0.2, -0.15) is 0 Å². The molecule has 2 aliphatic heterocycles. The van der Waals surface area contributed by atoms with E-state index >= 15 is 0 Å². The second kappa shape index (κ2) is 2.69. The summed E-state index contributed by atoms with van der Waals surface area (Å²) in [7, 11) is 0. The second-order valence-corrected chi connectivity index (χ2v) is 7.49. The molecular formula is C13H16O2S. The highest BCUT2D eigenvalue weighted by molar-refractivity contribution is 8.01. The molecular weight excluding hydrogens is 220 g/mol. The summed E-state index contributed by atoms with van der Waals surface area (Å²) >= 11 is 2.08. The number of thioether (sulfide) groups is 1. The van der Waals surface area contributed by atoms with Crippen LogP contribution in [0.4, 0.5) is 0 Å². The van der Waals surface area contributed by atoms with Crippen molar-refractivity contribution in [3.8, 4) is 0 Å². The lowest BCUT2D eigenvalue weighted by Gasteiger charge is -2.40. The minimum atomic E-state index is -0.560. The van der Waals surface area contributed by atoms with Gasteiger partial charge in [0.1, 0.15) is 0 Å². The average Bonchev–Trinajstić information content (AvgIpc) is 2.92. The molecule has 2 nitrogen and oxygen atoms in total. The molecule has 1 saturated heterocycles. The van der Waals surface area contributed by atoms with Crippen LogP contribution in [0, 0.1) is 29.1 Å². The molecule has 0 aromatic rings. The van der Waals surface area contributed by atoms with Crippen LogP contribution in [0.15, 0.2) is 12.2 Å². The van der Waals surface area contributed by atoms with E-state index < -0.39 is 11.4 Å². The van der Waals surface area contributed by atoms with E-state index in [-0.39, 0.29) is 0 Å². The highest BCUT2D eigenvalue weighted by atomic mass is 32.2. The summed E-state index contributed by atoms with van der Waals surface area (Å²) in [5.74, 6) is 2.03. The Balaban J connectivity index is 1.76. The molecule has 3 heteroatoms. The molecule has 0 aromatic carbocycles. The quantitative estimate of drug-likeness (QED) is 0.710. The fourth-order valence-corrected chi connectivity index (χ4v) is 6.80. The van der Waals surface area contributed by atoms with E-state index in [0.29, 0.717) is 28.3 Å². The third-order valence-electron chi connectivity index (χ3n) is 5.57. The Hall–Kier alpha value is -0.440. The van der Waals surface area contributed by atoms with Crippen molar-refractivity contribution in [1.29, 1.82) is 0 Å². The van der Waals surface area contributed by atoms with Crippen LogP contribution in [0.25, 0.3) is 0 Å². The molecule has 4 aliphatic rings. The smallest absolute Gasteiger partial charge is 0.309 e. The van der Waals surface area contributed by atoms with Gasteiger partial charge >= 0.3 is 5.97 Å². The maximum absolute atomic E-state index is 11.5. The van der Waals surface area contributed by atoms with Crippen molar-refractivity contribution in [2.45, 2.75) is 30.3 Å². The lowest BCUT2D eigenvalue weighted by molar-refractivity contribution is -0.153. The molecule has 0 spiro atoms. The monoisotopic (exact) mass is 236 g/mol. The van der Waals surface area contributed by atoms with Gasteiger partial charge in [-0.25, -0.2) is 0 Å². The molecule has 4 bridgehead atoms. The predicted molar refractivity (Wildman–Crippen MR) is 63.2 cm³/mol. The second-order valence-electron chi connectivity index (χ2n) is 6.13. The van der Waals surface area contributed by atoms with Gasteiger partial charge in [0.15, 0.2) is 0 Å². The molecule has 16 heavy (non-hydrogen) atoms. The maximum atomic E-state index is 11.5. The zero-order valence-corrected chi connectivity index (χ0v) is 10.1. The van der Waals surface area contributed by atoms with Crippen LogP contribution < -0.4 is 0 Å². The topological polar surface area (TPSA) is 37.3 Å². The molecule has 7 atom stereocenters. The summed E-state index contributed by atoms with van der Waals surface area (Å²) in [5, 5.41) is 10.8. The van der Waals surface area contributed by atoms with Crippen molar-refractivity contribution in [3.05, 3.63) is 12.2 Å². The van der Waals surface area contributed by atoms with Crippen molar-refractivity contribution in [1.82, 2.24) is 0 Å². The Morgan fingerprint density at radius 3 is 2.75 bits per heavy atom. The Morgan fingerprint density at radius 1 is 1.38 bits per heavy atom. The van der Waals surface area contributed by atoms with Crippen molar-refractivity contribution in [3.63, 3.8) is 0 Å². The summed E-state index contributed by atoms with van der Waals surface area (Å²) in [6.07, 6.45) is 6.80. The molecule has 2 aliphatic carbocycles. The number of hydrogen-bond donors (Lipinski definition) is 1. The lowest BCUT2D eigenvalue weighted by Crippen LogP contribution is -2.43. The van der Waals surface area contributed by atoms with Crippen LogP contribution >= 0.6 is 11.8 Å². The minimum Gasteiger partial charge on any atom is -0.481 e. The zero-order chi connectivity index (χ0) is 11.1. The minimum absolute atomic E-state index is 0.426. The number of carboxylic acid groups (broad SMARTS) is 1. The Morgan fingerprint density at radius 2 is 2.06 bits per heavy atom. The SMILES string of the molecule is CC1(C(=O)O)CC2CC1C1C3C=CC(S3)C21. The third kappa shape index (κ3) is 0.871. The molecule has 2 saturated carbocycles. The van der Waals surface area contributed by atoms with Crippen LogP contribution in [0.5, 0.6) is 0 Å². The fourth-order valence-electron chi connectivity index (χ4n) is 4.93. The van der Waals surface area contributed by atoms with Crippen LogP contribution in [0.2, 0.25) is 0 Å². The van der Waals surface area contributed by atoms with E-state index in [1.807, 2.05) is 6.92 Å². The van der Waals surface area contributed by atoms with Crippen molar-refractivity contribution in [2.75, 3.05) is 0 Å². The van der Waals surface area contributed by atoms with Crippen molar-refractivity contribution >= 4 is 17.7 Å². The lowest BCUT2D eigenvalue weighted by atomic mass is 9.63. The van der Waals surface area contributed by atoms with Gasteiger partial charge in [0.05, 0.1) is 5.41 Å². The predicted octanol–water partition coefficient (Wildman–Crippen LogP) is 2.40. The van der Waals surface area contributed by atoms with E-state index in [9.17, 15) is 9.90 Å². The summed E-state index contributed by atoms with van der Waals surface area (Å²) in [6, 6.07) is 0. The summed E-state index contributed by atoms with van der Waals surface area (Å²) in [6.45, 7) is 1.98.